The largest absolute Gasteiger partial charge is 0.309 e. The molecule has 0 saturated carbocycles. The predicted molar refractivity (Wildman–Crippen MR) is 44.8 cm³/mol. The van der Waals surface area contributed by atoms with Gasteiger partial charge in [-0.1, -0.05) is 19.4 Å². The van der Waals surface area contributed by atoms with Crippen molar-refractivity contribution in [2.75, 3.05) is 0 Å². The van der Waals surface area contributed by atoms with Gasteiger partial charge < -0.3 is 4.79 Å². The number of carbonyl (C=O) groups is 1. The summed E-state index contributed by atoms with van der Waals surface area (Å²) in [6.45, 7) is 5.44. The van der Waals surface area contributed by atoms with E-state index in [2.05, 4.69) is 6.07 Å². The Morgan fingerprint density at radius 1 is 1.42 bits per heavy atom. The molecule has 0 atom stereocenters. The standard InChI is InChI=1S/C10H11O.Y/c1-7-5-4-6-8(2)10(7)9(3)11;/h4-5H,1-3H3;/q-1;. The Morgan fingerprint density at radius 2 is 2.00 bits per heavy atom. The van der Waals surface area contributed by atoms with Crippen LogP contribution in [0.3, 0.4) is 0 Å². The third kappa shape index (κ3) is 2.50. The zero-order chi connectivity index (χ0) is 8.43. The van der Waals surface area contributed by atoms with Crippen molar-refractivity contribution in [3.63, 3.8) is 0 Å². The Balaban J connectivity index is 0.00000121. The molecule has 61 valence electrons. The quantitative estimate of drug-likeness (QED) is 0.540. The molecule has 1 rings (SSSR count). The van der Waals surface area contributed by atoms with Crippen molar-refractivity contribution < 1.29 is 37.5 Å². The molecule has 0 aliphatic heterocycles. The molecule has 0 saturated heterocycles. The minimum atomic E-state index is 0. The van der Waals surface area contributed by atoms with Gasteiger partial charge >= 0.3 is 0 Å². The number of benzene rings is 1. The van der Waals surface area contributed by atoms with E-state index < -0.39 is 0 Å². The molecule has 0 spiro atoms. The minimum Gasteiger partial charge on any atom is -0.309 e. The molecule has 2 heteroatoms. The summed E-state index contributed by atoms with van der Waals surface area (Å²) in [5.74, 6) is 0.122. The van der Waals surface area contributed by atoms with Gasteiger partial charge in [0.05, 0.1) is 0 Å². The molecule has 0 fully saturated rings. The van der Waals surface area contributed by atoms with Crippen LogP contribution < -0.4 is 0 Å². The molecular formula is C10H11OY-. The second kappa shape index (κ2) is 4.88. The third-order valence-corrected chi connectivity index (χ3v) is 1.75. The molecule has 0 aromatic heterocycles. The molecule has 0 aliphatic rings. The van der Waals surface area contributed by atoms with Gasteiger partial charge in [-0.25, -0.2) is 0 Å². The number of hydrogen-bond acceptors (Lipinski definition) is 1. The summed E-state index contributed by atoms with van der Waals surface area (Å²) in [7, 11) is 0. The zero-order valence-electron chi connectivity index (χ0n) is 7.64. The molecule has 0 bridgehead atoms. The Hall–Kier alpha value is -0.00610. The van der Waals surface area contributed by atoms with Gasteiger partial charge in [-0.15, -0.1) is 0 Å². The van der Waals surface area contributed by atoms with E-state index in [4.69, 9.17) is 0 Å². The first kappa shape index (κ1) is 12.0. The summed E-state index contributed by atoms with van der Waals surface area (Å²) in [5.41, 5.74) is 2.79. The van der Waals surface area contributed by atoms with Crippen LogP contribution >= 0.6 is 0 Å². The first-order valence-electron chi connectivity index (χ1n) is 3.61. The van der Waals surface area contributed by atoms with Crippen LogP contribution in [0.25, 0.3) is 0 Å². The Kier molecular flexibility index (Phi) is 4.88. The molecule has 0 amide bonds. The van der Waals surface area contributed by atoms with Crippen LogP contribution in [-0.2, 0) is 32.7 Å². The monoisotopic (exact) mass is 236 g/mol. The number of aryl methyl sites for hydroxylation is 2. The van der Waals surface area contributed by atoms with E-state index in [1.54, 1.807) is 6.92 Å². The maximum Gasteiger partial charge on any atom is 0.106 e. The molecule has 12 heavy (non-hydrogen) atoms. The molecule has 0 unspecified atom stereocenters. The van der Waals surface area contributed by atoms with E-state index in [1.165, 1.54) is 0 Å². The van der Waals surface area contributed by atoms with Crippen LogP contribution in [0.2, 0.25) is 0 Å². The van der Waals surface area contributed by atoms with Crippen molar-refractivity contribution >= 4 is 5.78 Å². The fraction of sp³-hybridized carbons (Fsp3) is 0.300. The minimum absolute atomic E-state index is 0. The van der Waals surface area contributed by atoms with Gasteiger partial charge in [0, 0.05) is 32.7 Å². The third-order valence-electron chi connectivity index (χ3n) is 1.75. The average Bonchev–Trinajstić information content (AvgIpc) is 1.85. The molecule has 0 heterocycles. The SMILES string of the molecule is CC(=O)c1c(C)[c-]ccc1C.[Y]. The molecular weight excluding hydrogens is 225 g/mol. The average molecular weight is 236 g/mol. The van der Waals surface area contributed by atoms with Crippen molar-refractivity contribution in [3.8, 4) is 0 Å². The van der Waals surface area contributed by atoms with Gasteiger partial charge in [-0.3, -0.25) is 0 Å². The fourth-order valence-electron chi connectivity index (χ4n) is 1.28. The van der Waals surface area contributed by atoms with Crippen molar-refractivity contribution in [1.29, 1.82) is 0 Å². The van der Waals surface area contributed by atoms with E-state index in [0.29, 0.717) is 0 Å². The van der Waals surface area contributed by atoms with E-state index in [9.17, 15) is 4.79 Å². The summed E-state index contributed by atoms with van der Waals surface area (Å²) >= 11 is 0. The van der Waals surface area contributed by atoms with Gasteiger partial charge in [-0.05, 0) is 6.92 Å². The summed E-state index contributed by atoms with van der Waals surface area (Å²) < 4.78 is 0. The number of ketones is 1. The Labute approximate surface area is 98.4 Å². The van der Waals surface area contributed by atoms with Crippen LogP contribution in [0.5, 0.6) is 0 Å². The van der Waals surface area contributed by atoms with Crippen molar-refractivity contribution in [2.24, 2.45) is 0 Å². The number of rotatable bonds is 1. The predicted octanol–water partition coefficient (Wildman–Crippen LogP) is 2.30. The Bertz CT molecular complexity index is 272. The van der Waals surface area contributed by atoms with Crippen LogP contribution in [0, 0.1) is 19.9 Å². The topological polar surface area (TPSA) is 17.1 Å². The number of hydrogen-bond donors (Lipinski definition) is 0. The second-order valence-electron chi connectivity index (χ2n) is 2.72. The van der Waals surface area contributed by atoms with Crippen LogP contribution in [-0.4, -0.2) is 5.78 Å². The van der Waals surface area contributed by atoms with E-state index in [1.807, 2.05) is 26.0 Å². The van der Waals surface area contributed by atoms with Crippen LogP contribution in [0.15, 0.2) is 12.1 Å². The maximum absolute atomic E-state index is 11.1. The summed E-state index contributed by atoms with van der Waals surface area (Å²) in [4.78, 5) is 11.1. The maximum atomic E-state index is 11.1. The van der Waals surface area contributed by atoms with Crippen molar-refractivity contribution in [3.05, 3.63) is 34.9 Å². The molecule has 1 radical (unpaired) electrons. The van der Waals surface area contributed by atoms with Crippen LogP contribution in [0.1, 0.15) is 28.4 Å². The van der Waals surface area contributed by atoms with E-state index in [-0.39, 0.29) is 38.5 Å². The van der Waals surface area contributed by atoms with Gasteiger partial charge in [0.15, 0.2) is 0 Å². The molecule has 1 nitrogen and oxygen atoms in total. The number of Topliss-reactive ketones (excluding diaryl/α,β-unsaturated/α-hetero) is 1. The summed E-state index contributed by atoms with van der Waals surface area (Å²) in [5, 5.41) is 0. The molecule has 0 N–H and O–H groups in total. The van der Waals surface area contributed by atoms with Crippen molar-refractivity contribution in [1.82, 2.24) is 0 Å². The summed E-state index contributed by atoms with van der Waals surface area (Å²) in [6, 6.07) is 6.75. The fourth-order valence-corrected chi connectivity index (χ4v) is 1.28. The zero-order valence-corrected chi connectivity index (χ0v) is 10.5. The van der Waals surface area contributed by atoms with Gasteiger partial charge in [0.2, 0.25) is 0 Å². The van der Waals surface area contributed by atoms with Gasteiger partial charge in [-0.2, -0.15) is 29.3 Å². The van der Waals surface area contributed by atoms with Crippen LogP contribution in [0.4, 0.5) is 0 Å². The normalized spacial score (nSPS) is 8.92. The van der Waals surface area contributed by atoms with E-state index >= 15 is 0 Å². The molecule has 1 aromatic carbocycles. The van der Waals surface area contributed by atoms with Gasteiger partial charge in [0.1, 0.15) is 5.78 Å². The summed E-state index contributed by atoms with van der Waals surface area (Å²) in [6.07, 6.45) is 0. The smallest absolute Gasteiger partial charge is 0.106 e. The Morgan fingerprint density at radius 3 is 2.33 bits per heavy atom. The first-order valence-corrected chi connectivity index (χ1v) is 3.61. The second-order valence-corrected chi connectivity index (χ2v) is 2.72. The molecule has 1 aromatic rings. The van der Waals surface area contributed by atoms with Crippen molar-refractivity contribution in [2.45, 2.75) is 20.8 Å². The molecule has 0 aliphatic carbocycles. The van der Waals surface area contributed by atoms with Gasteiger partial charge in [0.25, 0.3) is 0 Å². The number of carbonyl (C=O) groups excluding carboxylic acids is 1. The first-order chi connectivity index (χ1) is 5.13. The van der Waals surface area contributed by atoms with E-state index in [0.717, 1.165) is 16.7 Å².